The molecule has 0 aliphatic rings. The van der Waals surface area contributed by atoms with Crippen LogP contribution in [0.15, 0.2) is 65.5 Å². The summed E-state index contributed by atoms with van der Waals surface area (Å²) in [5.74, 6) is 1.59. The number of carbonyl (C=O) groups is 2. The van der Waals surface area contributed by atoms with Gasteiger partial charge in [0.25, 0.3) is 0 Å². The van der Waals surface area contributed by atoms with Gasteiger partial charge in [0.05, 0.1) is 13.3 Å². The number of amides is 1. The summed E-state index contributed by atoms with van der Waals surface area (Å²) in [6.45, 7) is 5.26. The maximum atomic E-state index is 12.1. The Kier molecular flexibility index (Phi) is 7.71. The highest BCUT2D eigenvalue weighted by molar-refractivity contribution is 5.81. The third-order valence-electron chi connectivity index (χ3n) is 4.56. The van der Waals surface area contributed by atoms with E-state index < -0.39 is 23.7 Å². The fourth-order valence-corrected chi connectivity index (χ4v) is 3.06. The SMILES string of the molecule is COC(=O)C(Cc1ccc(Oc2ccc(Cc3cnco3)cc2)cc1)NC(=O)OC(C)(C)C. The Hall–Kier alpha value is -3.81. The van der Waals surface area contributed by atoms with E-state index in [0.29, 0.717) is 17.9 Å². The van der Waals surface area contributed by atoms with E-state index in [2.05, 4.69) is 10.3 Å². The second kappa shape index (κ2) is 10.7. The molecule has 0 radical (unpaired) electrons. The Bertz CT molecular complexity index is 1040. The molecule has 0 aliphatic heterocycles. The number of rotatable bonds is 8. The summed E-state index contributed by atoms with van der Waals surface area (Å²) in [4.78, 5) is 28.1. The van der Waals surface area contributed by atoms with Gasteiger partial charge in [-0.25, -0.2) is 14.6 Å². The summed E-state index contributed by atoms with van der Waals surface area (Å²) in [7, 11) is 1.28. The first-order valence-electron chi connectivity index (χ1n) is 10.5. The Labute approximate surface area is 192 Å². The third kappa shape index (κ3) is 7.68. The number of nitrogens with zero attached hydrogens (tertiary/aromatic N) is 1. The third-order valence-corrected chi connectivity index (χ3v) is 4.56. The molecule has 3 rings (SSSR count). The number of benzene rings is 2. The minimum Gasteiger partial charge on any atom is -0.467 e. The van der Waals surface area contributed by atoms with Crippen molar-refractivity contribution in [3.63, 3.8) is 0 Å². The predicted molar refractivity (Wildman–Crippen MR) is 121 cm³/mol. The number of hydrogen-bond acceptors (Lipinski definition) is 7. The Morgan fingerprint density at radius 2 is 1.61 bits per heavy atom. The van der Waals surface area contributed by atoms with Crippen molar-refractivity contribution in [2.24, 2.45) is 0 Å². The summed E-state index contributed by atoms with van der Waals surface area (Å²) in [6, 6.07) is 14.1. The molecule has 8 nitrogen and oxygen atoms in total. The first-order chi connectivity index (χ1) is 15.7. The number of methoxy groups -OCH3 is 1. The van der Waals surface area contributed by atoms with E-state index in [1.54, 1.807) is 39.1 Å². The second-order valence-corrected chi connectivity index (χ2v) is 8.46. The van der Waals surface area contributed by atoms with E-state index in [-0.39, 0.29) is 6.42 Å². The molecule has 0 aliphatic carbocycles. The molecule has 1 atom stereocenters. The highest BCUT2D eigenvalue weighted by Crippen LogP contribution is 2.23. The van der Waals surface area contributed by atoms with Gasteiger partial charge in [0, 0.05) is 12.8 Å². The van der Waals surface area contributed by atoms with Crippen molar-refractivity contribution in [3.05, 3.63) is 78.0 Å². The monoisotopic (exact) mass is 452 g/mol. The number of alkyl carbamates (subject to hydrolysis) is 1. The van der Waals surface area contributed by atoms with E-state index in [1.165, 1.54) is 13.5 Å². The van der Waals surface area contributed by atoms with Crippen LogP contribution in [-0.2, 0) is 27.1 Å². The number of esters is 1. The zero-order chi connectivity index (χ0) is 23.8. The molecular weight excluding hydrogens is 424 g/mol. The van der Waals surface area contributed by atoms with Crippen molar-refractivity contribution in [3.8, 4) is 11.5 Å². The Morgan fingerprint density at radius 3 is 2.12 bits per heavy atom. The number of ether oxygens (including phenoxy) is 3. The molecule has 8 heteroatoms. The standard InChI is InChI=1S/C25H28N2O6/c1-25(2,3)33-24(29)27-22(23(28)30-4)14-18-7-11-20(12-8-18)32-19-9-5-17(6-10-19)13-21-15-26-16-31-21/h5-12,15-16,22H,13-14H2,1-4H3,(H,27,29). The summed E-state index contributed by atoms with van der Waals surface area (Å²) in [5.41, 5.74) is 1.25. The first-order valence-corrected chi connectivity index (χ1v) is 10.5. The number of hydrogen-bond donors (Lipinski definition) is 1. The van der Waals surface area contributed by atoms with Crippen molar-refractivity contribution in [2.75, 3.05) is 7.11 Å². The number of nitrogens with one attached hydrogen (secondary N) is 1. The van der Waals surface area contributed by atoms with Crippen molar-refractivity contribution in [1.29, 1.82) is 0 Å². The van der Waals surface area contributed by atoms with Gasteiger partial charge in [-0.1, -0.05) is 24.3 Å². The number of oxazole rings is 1. The maximum absolute atomic E-state index is 12.1. The molecule has 174 valence electrons. The van der Waals surface area contributed by atoms with E-state index in [9.17, 15) is 9.59 Å². The predicted octanol–water partition coefficient (Wildman–Crippen LogP) is 4.67. The van der Waals surface area contributed by atoms with Gasteiger partial charge < -0.3 is 23.9 Å². The second-order valence-electron chi connectivity index (χ2n) is 8.46. The smallest absolute Gasteiger partial charge is 0.408 e. The molecule has 0 bridgehead atoms. The van der Waals surface area contributed by atoms with Gasteiger partial charge in [0.2, 0.25) is 0 Å². The lowest BCUT2D eigenvalue weighted by molar-refractivity contribution is -0.143. The van der Waals surface area contributed by atoms with E-state index in [1.807, 2.05) is 36.4 Å². The van der Waals surface area contributed by atoms with Crippen molar-refractivity contribution in [1.82, 2.24) is 10.3 Å². The molecule has 1 heterocycles. The van der Waals surface area contributed by atoms with Crippen LogP contribution in [0.5, 0.6) is 11.5 Å². The van der Waals surface area contributed by atoms with Crippen LogP contribution in [0.25, 0.3) is 0 Å². The van der Waals surface area contributed by atoms with Crippen LogP contribution in [0.1, 0.15) is 37.7 Å². The summed E-state index contributed by atoms with van der Waals surface area (Å²) < 4.78 is 21.2. The molecule has 0 fully saturated rings. The maximum Gasteiger partial charge on any atom is 0.408 e. The van der Waals surface area contributed by atoms with Crippen molar-refractivity contribution in [2.45, 2.75) is 45.3 Å². The summed E-state index contributed by atoms with van der Waals surface area (Å²) >= 11 is 0. The molecule has 1 N–H and O–H groups in total. The average Bonchev–Trinajstić information content (AvgIpc) is 3.27. The van der Waals surface area contributed by atoms with Crippen LogP contribution >= 0.6 is 0 Å². The molecule has 0 saturated carbocycles. The summed E-state index contributed by atoms with van der Waals surface area (Å²) in [5, 5.41) is 2.57. The minimum absolute atomic E-state index is 0.253. The Balaban J connectivity index is 1.58. The van der Waals surface area contributed by atoms with E-state index in [4.69, 9.17) is 18.6 Å². The highest BCUT2D eigenvalue weighted by Gasteiger charge is 2.25. The normalized spacial score (nSPS) is 12.0. The molecule has 2 aromatic carbocycles. The first kappa shape index (κ1) is 23.8. The van der Waals surface area contributed by atoms with Gasteiger partial charge in [-0.15, -0.1) is 0 Å². The largest absolute Gasteiger partial charge is 0.467 e. The van der Waals surface area contributed by atoms with Crippen LogP contribution in [0.2, 0.25) is 0 Å². The Morgan fingerprint density at radius 1 is 1.00 bits per heavy atom. The van der Waals surface area contributed by atoms with Crippen molar-refractivity contribution >= 4 is 12.1 Å². The van der Waals surface area contributed by atoms with Crippen LogP contribution in [0.4, 0.5) is 4.79 Å². The molecule has 3 aromatic rings. The molecule has 1 aromatic heterocycles. The highest BCUT2D eigenvalue weighted by atomic mass is 16.6. The van der Waals surface area contributed by atoms with Gasteiger partial charge in [0.1, 0.15) is 28.9 Å². The van der Waals surface area contributed by atoms with E-state index in [0.717, 1.165) is 16.9 Å². The lowest BCUT2D eigenvalue weighted by Crippen LogP contribution is -2.45. The fourth-order valence-electron chi connectivity index (χ4n) is 3.06. The topological polar surface area (TPSA) is 99.9 Å². The fraction of sp³-hybridized carbons (Fsp3) is 0.320. The van der Waals surface area contributed by atoms with Gasteiger partial charge in [0.15, 0.2) is 6.39 Å². The molecular formula is C25H28N2O6. The molecule has 1 amide bonds. The zero-order valence-corrected chi connectivity index (χ0v) is 19.2. The lowest BCUT2D eigenvalue weighted by Gasteiger charge is -2.22. The van der Waals surface area contributed by atoms with Crippen LogP contribution < -0.4 is 10.1 Å². The van der Waals surface area contributed by atoms with Crippen LogP contribution in [-0.4, -0.2) is 35.8 Å². The van der Waals surface area contributed by atoms with Crippen LogP contribution in [0.3, 0.4) is 0 Å². The van der Waals surface area contributed by atoms with Crippen LogP contribution in [0, 0.1) is 0 Å². The quantitative estimate of drug-likeness (QED) is 0.496. The van der Waals surface area contributed by atoms with Crippen molar-refractivity contribution < 1.29 is 28.2 Å². The van der Waals surface area contributed by atoms with Gasteiger partial charge >= 0.3 is 12.1 Å². The summed E-state index contributed by atoms with van der Waals surface area (Å²) in [6.07, 6.45) is 3.34. The molecule has 33 heavy (non-hydrogen) atoms. The minimum atomic E-state index is -0.867. The molecule has 0 spiro atoms. The van der Waals surface area contributed by atoms with Gasteiger partial charge in [-0.2, -0.15) is 0 Å². The van der Waals surface area contributed by atoms with E-state index >= 15 is 0 Å². The molecule has 1 unspecified atom stereocenters. The van der Waals surface area contributed by atoms with Gasteiger partial charge in [-0.05, 0) is 56.2 Å². The molecule has 0 saturated heterocycles. The lowest BCUT2D eigenvalue weighted by atomic mass is 10.1. The zero-order valence-electron chi connectivity index (χ0n) is 19.2. The average molecular weight is 453 g/mol. The number of carbonyl (C=O) groups excluding carboxylic acids is 2. The number of aromatic nitrogens is 1. The van der Waals surface area contributed by atoms with Gasteiger partial charge in [-0.3, -0.25) is 0 Å².